The molecule has 1 aromatic heterocycles. The van der Waals surface area contributed by atoms with Crippen LogP contribution in [-0.4, -0.2) is 16.1 Å². The summed E-state index contributed by atoms with van der Waals surface area (Å²) >= 11 is 6.36. The van der Waals surface area contributed by atoms with E-state index < -0.39 is 0 Å². The molecule has 2 aromatic carbocycles. The van der Waals surface area contributed by atoms with Crippen molar-refractivity contribution < 1.29 is 4.74 Å². The van der Waals surface area contributed by atoms with Crippen LogP contribution in [-0.2, 0) is 12.8 Å². The molecule has 6 heteroatoms. The fourth-order valence-electron chi connectivity index (χ4n) is 3.69. The Labute approximate surface area is 182 Å². The largest absolute Gasteiger partial charge is 0.489 e. The fourth-order valence-corrected chi connectivity index (χ4v) is 3.82. The lowest BCUT2D eigenvalue weighted by Gasteiger charge is -2.16. The molecule has 2 N–H and O–H groups in total. The van der Waals surface area contributed by atoms with Crippen LogP contribution < -0.4 is 15.4 Å². The van der Waals surface area contributed by atoms with E-state index in [0.717, 1.165) is 23.5 Å². The summed E-state index contributed by atoms with van der Waals surface area (Å²) in [6.45, 7) is 3.99. The van der Waals surface area contributed by atoms with Gasteiger partial charge in [0.25, 0.3) is 0 Å². The second-order valence-corrected chi connectivity index (χ2v) is 8.25. The number of rotatable bonds is 6. The molecule has 0 aliphatic heterocycles. The van der Waals surface area contributed by atoms with Crippen molar-refractivity contribution in [3.05, 3.63) is 64.8 Å². The summed E-state index contributed by atoms with van der Waals surface area (Å²) in [5.74, 6) is 1.78. The van der Waals surface area contributed by atoms with Crippen molar-refractivity contribution in [3.8, 4) is 5.75 Å². The fraction of sp³-hybridized carbons (Fsp3) is 0.333. The van der Waals surface area contributed by atoms with Gasteiger partial charge in [-0.1, -0.05) is 36.2 Å². The molecule has 0 radical (unpaired) electrons. The van der Waals surface area contributed by atoms with Crippen molar-refractivity contribution in [3.63, 3.8) is 0 Å². The van der Waals surface area contributed by atoms with Gasteiger partial charge in [0, 0.05) is 5.69 Å². The van der Waals surface area contributed by atoms with Gasteiger partial charge in [-0.3, -0.25) is 0 Å². The SMILES string of the molecule is CC(C)Oc1ccccc1Nc1nc(Nc2ccc3c(c2)CCCCC3)ncc1Cl. The highest BCUT2D eigenvalue weighted by atomic mass is 35.5. The van der Waals surface area contributed by atoms with E-state index in [0.29, 0.717) is 16.8 Å². The summed E-state index contributed by atoms with van der Waals surface area (Å²) in [6, 6.07) is 14.3. The van der Waals surface area contributed by atoms with Gasteiger partial charge in [0.2, 0.25) is 5.95 Å². The number of aryl methyl sites for hydroxylation is 2. The molecule has 0 spiro atoms. The summed E-state index contributed by atoms with van der Waals surface area (Å²) in [4.78, 5) is 8.94. The summed E-state index contributed by atoms with van der Waals surface area (Å²) < 4.78 is 5.88. The Morgan fingerprint density at radius 3 is 2.60 bits per heavy atom. The maximum Gasteiger partial charge on any atom is 0.229 e. The highest BCUT2D eigenvalue weighted by Gasteiger charge is 2.12. The molecule has 0 saturated carbocycles. The number of halogens is 1. The van der Waals surface area contributed by atoms with Crippen LogP contribution in [0.15, 0.2) is 48.7 Å². The Balaban J connectivity index is 1.55. The molecule has 1 aliphatic carbocycles. The van der Waals surface area contributed by atoms with Crippen molar-refractivity contribution in [2.45, 2.75) is 52.1 Å². The van der Waals surface area contributed by atoms with Gasteiger partial charge in [-0.25, -0.2) is 4.98 Å². The van der Waals surface area contributed by atoms with Crippen LogP contribution in [0.2, 0.25) is 5.02 Å². The summed E-state index contributed by atoms with van der Waals surface area (Å²) in [5, 5.41) is 7.05. The van der Waals surface area contributed by atoms with Gasteiger partial charge < -0.3 is 15.4 Å². The number of para-hydroxylation sites is 2. The van der Waals surface area contributed by atoms with Gasteiger partial charge in [-0.15, -0.1) is 0 Å². The second kappa shape index (κ2) is 9.35. The zero-order chi connectivity index (χ0) is 20.9. The lowest BCUT2D eigenvalue weighted by atomic mass is 10.0. The van der Waals surface area contributed by atoms with Gasteiger partial charge in [-0.05, 0) is 74.9 Å². The highest BCUT2D eigenvalue weighted by molar-refractivity contribution is 6.32. The van der Waals surface area contributed by atoms with Crippen molar-refractivity contribution in [1.29, 1.82) is 0 Å². The first-order valence-corrected chi connectivity index (χ1v) is 10.9. The monoisotopic (exact) mass is 422 g/mol. The zero-order valence-electron chi connectivity index (χ0n) is 17.4. The summed E-state index contributed by atoms with van der Waals surface area (Å²) in [7, 11) is 0. The number of benzene rings is 2. The average molecular weight is 423 g/mol. The quantitative estimate of drug-likeness (QED) is 0.434. The first-order chi connectivity index (χ1) is 14.6. The van der Waals surface area contributed by atoms with Crippen LogP contribution in [0.3, 0.4) is 0 Å². The number of anilines is 4. The van der Waals surface area contributed by atoms with Crippen LogP contribution in [0.1, 0.15) is 44.2 Å². The highest BCUT2D eigenvalue weighted by Crippen LogP contribution is 2.31. The number of fused-ring (bicyclic) bond motifs is 1. The third-order valence-corrected chi connectivity index (χ3v) is 5.38. The molecule has 0 bridgehead atoms. The maximum absolute atomic E-state index is 6.36. The zero-order valence-corrected chi connectivity index (χ0v) is 18.2. The van der Waals surface area contributed by atoms with E-state index in [1.54, 1.807) is 6.20 Å². The minimum absolute atomic E-state index is 0.0688. The Morgan fingerprint density at radius 2 is 1.77 bits per heavy atom. The number of nitrogens with zero attached hydrogens (tertiary/aromatic N) is 2. The predicted molar refractivity (Wildman–Crippen MR) is 124 cm³/mol. The van der Waals surface area contributed by atoms with Crippen molar-refractivity contribution >= 4 is 34.7 Å². The van der Waals surface area contributed by atoms with Crippen molar-refractivity contribution in [2.24, 2.45) is 0 Å². The molecule has 0 amide bonds. The topological polar surface area (TPSA) is 59.1 Å². The molecule has 1 aliphatic rings. The van der Waals surface area contributed by atoms with E-state index >= 15 is 0 Å². The molecule has 3 aromatic rings. The minimum Gasteiger partial charge on any atom is -0.489 e. The molecule has 0 saturated heterocycles. The van der Waals surface area contributed by atoms with E-state index in [1.165, 1.54) is 36.8 Å². The van der Waals surface area contributed by atoms with E-state index in [2.05, 4.69) is 38.8 Å². The number of hydrogen-bond acceptors (Lipinski definition) is 5. The molecule has 30 heavy (non-hydrogen) atoms. The smallest absolute Gasteiger partial charge is 0.229 e. The Kier molecular flexibility index (Phi) is 6.38. The molecule has 5 nitrogen and oxygen atoms in total. The minimum atomic E-state index is 0.0688. The first-order valence-electron chi connectivity index (χ1n) is 10.5. The number of nitrogens with one attached hydrogen (secondary N) is 2. The van der Waals surface area contributed by atoms with Crippen LogP contribution in [0.25, 0.3) is 0 Å². The molecule has 1 heterocycles. The Hall–Kier alpha value is -2.79. The molecular weight excluding hydrogens is 396 g/mol. The van der Waals surface area contributed by atoms with Crippen LogP contribution >= 0.6 is 11.6 Å². The Morgan fingerprint density at radius 1 is 0.967 bits per heavy atom. The summed E-state index contributed by atoms with van der Waals surface area (Å²) in [5.41, 5.74) is 4.68. The third-order valence-electron chi connectivity index (χ3n) is 5.10. The lowest BCUT2D eigenvalue weighted by Crippen LogP contribution is -2.08. The molecular formula is C24H27ClN4O. The van der Waals surface area contributed by atoms with E-state index in [9.17, 15) is 0 Å². The predicted octanol–water partition coefficient (Wildman–Crippen LogP) is 6.67. The number of aromatic nitrogens is 2. The van der Waals surface area contributed by atoms with Crippen molar-refractivity contribution in [2.75, 3.05) is 10.6 Å². The van der Waals surface area contributed by atoms with Gasteiger partial charge in [0.15, 0.2) is 5.82 Å². The normalized spacial score (nSPS) is 13.5. The third kappa shape index (κ3) is 5.03. The Bertz CT molecular complexity index is 1020. The molecule has 0 unspecified atom stereocenters. The first kappa shape index (κ1) is 20.5. The lowest BCUT2D eigenvalue weighted by molar-refractivity contribution is 0.244. The molecule has 4 rings (SSSR count). The van der Waals surface area contributed by atoms with Crippen LogP contribution in [0.5, 0.6) is 5.75 Å². The molecule has 156 valence electrons. The molecule has 0 atom stereocenters. The summed E-state index contributed by atoms with van der Waals surface area (Å²) in [6.07, 6.45) is 7.80. The van der Waals surface area contributed by atoms with Gasteiger partial charge >= 0.3 is 0 Å². The van der Waals surface area contributed by atoms with E-state index in [4.69, 9.17) is 16.3 Å². The van der Waals surface area contributed by atoms with Gasteiger partial charge in [0.05, 0.1) is 18.0 Å². The average Bonchev–Trinajstić information content (AvgIpc) is 2.96. The number of hydrogen-bond donors (Lipinski definition) is 2. The standard InChI is InChI=1S/C24H27ClN4O/c1-16(2)30-22-11-7-6-10-21(22)28-23-20(25)15-26-24(29-23)27-19-13-12-17-8-4-3-5-9-18(17)14-19/h6-7,10-16H,3-5,8-9H2,1-2H3,(H2,26,27,28,29). The van der Waals surface area contributed by atoms with Crippen LogP contribution in [0, 0.1) is 0 Å². The number of ether oxygens (including phenoxy) is 1. The van der Waals surface area contributed by atoms with Crippen LogP contribution in [0.4, 0.5) is 23.1 Å². The van der Waals surface area contributed by atoms with Crippen molar-refractivity contribution in [1.82, 2.24) is 9.97 Å². The van der Waals surface area contributed by atoms with E-state index in [-0.39, 0.29) is 6.10 Å². The van der Waals surface area contributed by atoms with E-state index in [1.807, 2.05) is 38.1 Å². The second-order valence-electron chi connectivity index (χ2n) is 7.85. The van der Waals surface area contributed by atoms with Gasteiger partial charge in [0.1, 0.15) is 10.8 Å². The molecule has 0 fully saturated rings. The van der Waals surface area contributed by atoms with Gasteiger partial charge in [-0.2, -0.15) is 4.98 Å². The maximum atomic E-state index is 6.36.